The van der Waals surface area contributed by atoms with Gasteiger partial charge in [-0.3, -0.25) is 4.79 Å². The Morgan fingerprint density at radius 2 is 1.70 bits per heavy atom. The van der Waals surface area contributed by atoms with Crippen LogP contribution in [0.3, 0.4) is 0 Å². The number of para-hydroxylation sites is 1. The van der Waals surface area contributed by atoms with Gasteiger partial charge in [-0.15, -0.1) is 11.8 Å². The number of amides is 1. The van der Waals surface area contributed by atoms with E-state index in [1.807, 2.05) is 24.3 Å². The monoisotopic (exact) mass is 483 g/mol. The molecule has 30 heavy (non-hydrogen) atoms. The summed E-state index contributed by atoms with van der Waals surface area (Å²) in [4.78, 5) is 12.2. The third-order valence-electron chi connectivity index (χ3n) is 5.11. The first-order valence-corrected chi connectivity index (χ1v) is 11.7. The molecule has 1 N–H and O–H groups in total. The highest BCUT2D eigenvalue weighted by atomic mass is 79.9. The van der Waals surface area contributed by atoms with Gasteiger partial charge in [-0.1, -0.05) is 42.5 Å². The molecule has 1 aromatic heterocycles. The van der Waals surface area contributed by atoms with Crippen molar-refractivity contribution in [2.45, 2.75) is 33.4 Å². The second-order valence-electron chi connectivity index (χ2n) is 7.23. The number of carbonyl (C=O) groups excluding carboxylic acids is 1. The topological polar surface area (TPSA) is 46.4 Å². The van der Waals surface area contributed by atoms with Gasteiger partial charge in [0, 0.05) is 32.9 Å². The fraction of sp³-hybridized carbons (Fsp3) is 0.250. The van der Waals surface area contributed by atoms with Crippen molar-refractivity contribution < 1.29 is 4.79 Å². The molecule has 1 amide bonds. The third-order valence-corrected chi connectivity index (χ3v) is 7.09. The van der Waals surface area contributed by atoms with Crippen LogP contribution in [0.2, 0.25) is 0 Å². The number of hydrazone groups is 1. The second-order valence-corrected chi connectivity index (χ2v) is 9.01. The van der Waals surface area contributed by atoms with Crippen molar-refractivity contribution in [1.29, 1.82) is 0 Å². The smallest absolute Gasteiger partial charge is 0.250 e. The van der Waals surface area contributed by atoms with E-state index in [2.05, 4.69) is 83.0 Å². The Morgan fingerprint density at radius 1 is 1.03 bits per heavy atom. The van der Waals surface area contributed by atoms with Crippen LogP contribution in [0.4, 0.5) is 0 Å². The molecule has 1 heterocycles. The molecule has 0 radical (unpaired) electrons. The zero-order valence-corrected chi connectivity index (χ0v) is 20.1. The van der Waals surface area contributed by atoms with E-state index < -0.39 is 0 Å². The van der Waals surface area contributed by atoms with Crippen LogP contribution >= 0.6 is 27.7 Å². The van der Waals surface area contributed by atoms with E-state index in [0.29, 0.717) is 5.75 Å². The zero-order chi connectivity index (χ0) is 21.7. The molecule has 0 aliphatic rings. The number of halogens is 1. The van der Waals surface area contributed by atoms with E-state index >= 15 is 0 Å². The van der Waals surface area contributed by atoms with E-state index in [4.69, 9.17) is 0 Å². The van der Waals surface area contributed by atoms with E-state index in [-0.39, 0.29) is 5.91 Å². The van der Waals surface area contributed by atoms with Crippen molar-refractivity contribution in [3.8, 4) is 5.69 Å². The molecule has 0 fully saturated rings. The molecular formula is C24H26BrN3OS. The van der Waals surface area contributed by atoms with Gasteiger partial charge in [0.2, 0.25) is 5.91 Å². The lowest BCUT2D eigenvalue weighted by molar-refractivity contribution is -0.118. The van der Waals surface area contributed by atoms with Crippen LogP contribution in [0.1, 0.15) is 33.6 Å². The standard InChI is InChI=1S/C24H26BrN3OS/c1-16-9-5-7-11-20(16)14-30-15-23(29)27-26-13-21-18(3)28(19(4)24(21)25)22-12-8-6-10-17(22)2/h5-13H,14-15H2,1-4H3,(H,27,29)/b26-13-. The Balaban J connectivity index is 1.64. The minimum Gasteiger partial charge on any atom is -0.316 e. The summed E-state index contributed by atoms with van der Waals surface area (Å²) in [7, 11) is 0. The minimum absolute atomic E-state index is 0.103. The molecule has 0 saturated carbocycles. The Bertz CT molecular complexity index is 1090. The predicted octanol–water partition coefficient (Wildman–Crippen LogP) is 5.86. The molecule has 0 unspecified atom stereocenters. The normalized spacial score (nSPS) is 11.2. The van der Waals surface area contributed by atoms with Gasteiger partial charge in [-0.2, -0.15) is 5.10 Å². The number of hydrogen-bond acceptors (Lipinski definition) is 3. The summed E-state index contributed by atoms with van der Waals surface area (Å²) in [6.07, 6.45) is 1.71. The highest BCUT2D eigenvalue weighted by molar-refractivity contribution is 9.10. The van der Waals surface area contributed by atoms with Crippen LogP contribution in [-0.2, 0) is 10.5 Å². The van der Waals surface area contributed by atoms with Crippen LogP contribution in [0.15, 0.2) is 58.1 Å². The lowest BCUT2D eigenvalue weighted by Crippen LogP contribution is -2.19. The largest absolute Gasteiger partial charge is 0.316 e. The summed E-state index contributed by atoms with van der Waals surface area (Å²) in [6.45, 7) is 8.32. The molecule has 156 valence electrons. The summed E-state index contributed by atoms with van der Waals surface area (Å²) < 4.78 is 3.19. The molecule has 6 heteroatoms. The maximum Gasteiger partial charge on any atom is 0.250 e. The summed E-state index contributed by atoms with van der Waals surface area (Å²) in [5.41, 5.74) is 10.6. The molecule has 0 bridgehead atoms. The van der Waals surface area contributed by atoms with Gasteiger partial charge in [0.1, 0.15) is 0 Å². The third kappa shape index (κ3) is 5.05. The van der Waals surface area contributed by atoms with Crippen molar-refractivity contribution in [3.05, 3.63) is 86.6 Å². The van der Waals surface area contributed by atoms with Crippen LogP contribution in [-0.4, -0.2) is 22.4 Å². The Morgan fingerprint density at radius 3 is 2.40 bits per heavy atom. The summed E-state index contributed by atoms with van der Waals surface area (Å²) in [6, 6.07) is 16.5. The van der Waals surface area contributed by atoms with Gasteiger partial charge < -0.3 is 4.57 Å². The predicted molar refractivity (Wildman–Crippen MR) is 131 cm³/mol. The van der Waals surface area contributed by atoms with Crippen molar-refractivity contribution in [1.82, 2.24) is 9.99 Å². The van der Waals surface area contributed by atoms with E-state index in [9.17, 15) is 4.79 Å². The van der Waals surface area contributed by atoms with E-state index in [1.165, 1.54) is 16.7 Å². The average molecular weight is 484 g/mol. The molecular weight excluding hydrogens is 458 g/mol. The molecule has 0 aliphatic carbocycles. The van der Waals surface area contributed by atoms with Crippen molar-refractivity contribution in [2.75, 3.05) is 5.75 Å². The summed E-state index contributed by atoms with van der Waals surface area (Å²) in [5.74, 6) is 1.08. The highest BCUT2D eigenvalue weighted by Crippen LogP contribution is 2.30. The number of aromatic nitrogens is 1. The molecule has 0 atom stereocenters. The Hall–Kier alpha value is -2.31. The Labute approximate surface area is 190 Å². The maximum absolute atomic E-state index is 12.2. The molecule has 3 aromatic rings. The molecule has 4 nitrogen and oxygen atoms in total. The van der Waals surface area contributed by atoms with Gasteiger partial charge in [-0.25, -0.2) is 5.43 Å². The van der Waals surface area contributed by atoms with E-state index in [0.717, 1.165) is 32.9 Å². The van der Waals surface area contributed by atoms with Crippen LogP contribution in [0.5, 0.6) is 0 Å². The first-order chi connectivity index (χ1) is 14.4. The van der Waals surface area contributed by atoms with Crippen molar-refractivity contribution in [2.24, 2.45) is 5.10 Å². The molecule has 2 aromatic carbocycles. The minimum atomic E-state index is -0.103. The number of rotatable bonds is 7. The number of hydrogen-bond donors (Lipinski definition) is 1. The van der Waals surface area contributed by atoms with Crippen molar-refractivity contribution in [3.63, 3.8) is 0 Å². The van der Waals surface area contributed by atoms with Gasteiger partial charge >= 0.3 is 0 Å². The fourth-order valence-electron chi connectivity index (χ4n) is 3.38. The first-order valence-electron chi connectivity index (χ1n) is 9.77. The number of nitrogens with zero attached hydrogens (tertiary/aromatic N) is 2. The van der Waals surface area contributed by atoms with Crippen LogP contribution in [0.25, 0.3) is 5.69 Å². The van der Waals surface area contributed by atoms with Gasteiger partial charge in [-0.05, 0) is 66.4 Å². The van der Waals surface area contributed by atoms with Crippen LogP contribution < -0.4 is 5.43 Å². The first kappa shape index (κ1) is 22.4. The van der Waals surface area contributed by atoms with Crippen molar-refractivity contribution >= 4 is 39.8 Å². The molecule has 0 aliphatic heterocycles. The Kier molecular flexibility index (Phi) is 7.56. The fourth-order valence-corrected chi connectivity index (χ4v) is 4.84. The highest BCUT2D eigenvalue weighted by Gasteiger charge is 2.16. The zero-order valence-electron chi connectivity index (χ0n) is 17.7. The summed E-state index contributed by atoms with van der Waals surface area (Å²) >= 11 is 5.27. The SMILES string of the molecule is Cc1ccccc1CSCC(=O)N/N=C\c1c(Br)c(C)n(-c2ccccc2C)c1C. The summed E-state index contributed by atoms with van der Waals surface area (Å²) in [5, 5.41) is 4.20. The number of thioether (sulfide) groups is 1. The lowest BCUT2D eigenvalue weighted by atomic mass is 10.1. The van der Waals surface area contributed by atoms with Crippen LogP contribution in [0, 0.1) is 27.7 Å². The lowest BCUT2D eigenvalue weighted by Gasteiger charge is -2.12. The molecule has 3 rings (SSSR count). The van der Waals surface area contributed by atoms with Gasteiger partial charge in [0.05, 0.1) is 12.0 Å². The molecule has 0 saturated heterocycles. The second kappa shape index (κ2) is 10.1. The molecule has 0 spiro atoms. The van der Waals surface area contributed by atoms with Gasteiger partial charge in [0.25, 0.3) is 0 Å². The quantitative estimate of drug-likeness (QED) is 0.338. The number of nitrogens with one attached hydrogen (secondary N) is 1. The van der Waals surface area contributed by atoms with E-state index in [1.54, 1.807) is 18.0 Å². The average Bonchev–Trinajstić information content (AvgIpc) is 2.93. The number of aryl methyl sites for hydroxylation is 2. The maximum atomic E-state index is 12.2. The number of carbonyl (C=O) groups is 1. The van der Waals surface area contributed by atoms with Gasteiger partial charge in [0.15, 0.2) is 0 Å². The number of benzene rings is 2.